The molecule has 0 aromatic heterocycles. The standard InChI is InChI=1S/C35H55NO6S3/c1-8-9-10-11-12-13-14-15-16-17-20-44-32(43)45-25-34(4,30(39)41-6)22-27(26-18-19-28(37)29(38)21-26)23-35(5,31(40)42-7)33(2,3)24-36/h18-19,21,27,37-38H,8-17,20,22-23,25H2,1-7H3. The number of unbranched alkanes of at least 4 members (excludes halogenated alkanes) is 9. The van der Waals surface area contributed by atoms with E-state index >= 15 is 0 Å². The van der Waals surface area contributed by atoms with Crippen LogP contribution in [0.2, 0.25) is 0 Å². The first-order chi connectivity index (χ1) is 21.2. The summed E-state index contributed by atoms with van der Waals surface area (Å²) in [6.45, 7) is 9.13. The van der Waals surface area contributed by atoms with E-state index in [0.29, 0.717) is 11.3 Å². The smallest absolute Gasteiger partial charge is 0.313 e. The Kier molecular flexibility index (Phi) is 18.5. The van der Waals surface area contributed by atoms with Gasteiger partial charge in [-0.25, -0.2) is 0 Å². The third kappa shape index (κ3) is 13.0. The van der Waals surface area contributed by atoms with Gasteiger partial charge in [-0.05, 0) is 76.3 Å². The summed E-state index contributed by atoms with van der Waals surface area (Å²) in [6, 6.07) is 6.73. The van der Waals surface area contributed by atoms with Crippen LogP contribution in [0.15, 0.2) is 18.2 Å². The van der Waals surface area contributed by atoms with Crippen LogP contribution in [0, 0.1) is 27.6 Å². The molecule has 0 fully saturated rings. The zero-order valence-corrected chi connectivity index (χ0v) is 30.9. The van der Waals surface area contributed by atoms with Crippen LogP contribution < -0.4 is 0 Å². The van der Waals surface area contributed by atoms with Gasteiger partial charge in [-0.2, -0.15) is 5.26 Å². The Morgan fingerprint density at radius 2 is 1.42 bits per heavy atom. The van der Waals surface area contributed by atoms with Crippen molar-refractivity contribution in [2.75, 3.05) is 25.7 Å². The molecule has 10 heteroatoms. The van der Waals surface area contributed by atoms with E-state index in [-0.39, 0.29) is 24.3 Å². The van der Waals surface area contributed by atoms with Crippen molar-refractivity contribution in [2.24, 2.45) is 16.2 Å². The maximum atomic E-state index is 13.3. The summed E-state index contributed by atoms with van der Waals surface area (Å²) in [5.41, 5.74) is -2.75. The molecule has 3 unspecified atom stereocenters. The molecular formula is C35H55NO6S3. The zero-order chi connectivity index (χ0) is 34.1. The molecule has 45 heavy (non-hydrogen) atoms. The average Bonchev–Trinajstić information content (AvgIpc) is 3.02. The van der Waals surface area contributed by atoms with Crippen LogP contribution in [0.25, 0.3) is 0 Å². The molecule has 0 aliphatic heterocycles. The van der Waals surface area contributed by atoms with Crippen molar-refractivity contribution in [3.63, 3.8) is 0 Å². The van der Waals surface area contributed by atoms with Gasteiger partial charge in [-0.1, -0.05) is 83.0 Å². The summed E-state index contributed by atoms with van der Waals surface area (Å²) in [5.74, 6) is -0.720. The molecule has 0 amide bonds. The van der Waals surface area contributed by atoms with Gasteiger partial charge in [0.1, 0.15) is 3.53 Å². The third-order valence-electron chi connectivity index (χ3n) is 9.02. The van der Waals surface area contributed by atoms with Gasteiger partial charge < -0.3 is 19.7 Å². The minimum atomic E-state index is -1.25. The molecule has 7 nitrogen and oxygen atoms in total. The second kappa shape index (κ2) is 20.3. The molecule has 0 radical (unpaired) electrons. The summed E-state index contributed by atoms with van der Waals surface area (Å²) in [7, 11) is 2.64. The van der Waals surface area contributed by atoms with Crippen molar-refractivity contribution in [3.8, 4) is 17.6 Å². The van der Waals surface area contributed by atoms with Crippen LogP contribution in [-0.4, -0.2) is 51.4 Å². The minimum Gasteiger partial charge on any atom is -0.504 e. The fourth-order valence-electron chi connectivity index (χ4n) is 5.53. The summed E-state index contributed by atoms with van der Waals surface area (Å²) in [5, 5.41) is 30.3. The number of thiocarbonyl (C=S) groups is 1. The van der Waals surface area contributed by atoms with Crippen molar-refractivity contribution in [2.45, 2.75) is 118 Å². The van der Waals surface area contributed by atoms with Crippen molar-refractivity contribution >= 4 is 51.2 Å². The number of ether oxygens (including phenoxy) is 2. The highest BCUT2D eigenvalue weighted by atomic mass is 32.2. The lowest BCUT2D eigenvalue weighted by Gasteiger charge is -2.41. The number of hydrogen-bond donors (Lipinski definition) is 2. The van der Waals surface area contributed by atoms with Crippen LogP contribution in [0.3, 0.4) is 0 Å². The van der Waals surface area contributed by atoms with Gasteiger partial charge in [-0.15, -0.1) is 23.5 Å². The zero-order valence-electron chi connectivity index (χ0n) is 28.4. The van der Waals surface area contributed by atoms with Gasteiger partial charge >= 0.3 is 11.9 Å². The summed E-state index contributed by atoms with van der Waals surface area (Å²) < 4.78 is 11.2. The molecule has 0 aliphatic rings. The van der Waals surface area contributed by atoms with Crippen LogP contribution in [0.5, 0.6) is 11.5 Å². The molecule has 0 aliphatic carbocycles. The molecule has 0 spiro atoms. The van der Waals surface area contributed by atoms with Gasteiger partial charge in [0.15, 0.2) is 11.5 Å². The molecule has 1 rings (SSSR count). The topological polar surface area (TPSA) is 117 Å². The Balaban J connectivity index is 3.00. The van der Waals surface area contributed by atoms with Crippen LogP contribution in [0.1, 0.15) is 123 Å². The number of nitriles is 1. The molecule has 0 saturated carbocycles. The number of thioether (sulfide) groups is 2. The lowest BCUT2D eigenvalue weighted by molar-refractivity contribution is -0.158. The van der Waals surface area contributed by atoms with Crippen LogP contribution in [0.4, 0.5) is 0 Å². The number of hydrogen-bond acceptors (Lipinski definition) is 10. The molecule has 1 aromatic rings. The van der Waals surface area contributed by atoms with E-state index < -0.39 is 34.1 Å². The molecule has 0 bridgehead atoms. The van der Waals surface area contributed by atoms with Crippen molar-refractivity contribution in [3.05, 3.63) is 23.8 Å². The number of nitrogens with zero attached hydrogens (tertiary/aromatic N) is 1. The van der Waals surface area contributed by atoms with Gasteiger partial charge in [-0.3, -0.25) is 9.59 Å². The van der Waals surface area contributed by atoms with Crippen molar-refractivity contribution < 1.29 is 29.3 Å². The fraction of sp³-hybridized carbons (Fsp3) is 0.714. The van der Waals surface area contributed by atoms with E-state index in [4.69, 9.17) is 21.7 Å². The van der Waals surface area contributed by atoms with E-state index in [9.17, 15) is 25.1 Å². The number of aromatic hydroxyl groups is 2. The number of carbonyl (C=O) groups excluding carboxylic acids is 2. The molecular weight excluding hydrogens is 627 g/mol. The Morgan fingerprint density at radius 1 is 0.867 bits per heavy atom. The number of phenolic OH excluding ortho intramolecular Hbond substituents is 2. The Hall–Kier alpha value is -1.96. The predicted molar refractivity (Wildman–Crippen MR) is 191 cm³/mol. The van der Waals surface area contributed by atoms with E-state index in [1.54, 1.807) is 38.6 Å². The maximum absolute atomic E-state index is 13.3. The maximum Gasteiger partial charge on any atom is 0.313 e. The Labute approximate surface area is 285 Å². The largest absolute Gasteiger partial charge is 0.504 e. The number of esters is 2. The van der Waals surface area contributed by atoms with E-state index in [0.717, 1.165) is 15.7 Å². The highest BCUT2D eigenvalue weighted by molar-refractivity contribution is 8.47. The van der Waals surface area contributed by atoms with E-state index in [1.165, 1.54) is 95.9 Å². The first-order valence-corrected chi connectivity index (χ1v) is 18.5. The summed E-state index contributed by atoms with van der Waals surface area (Å²) in [4.78, 5) is 26.4. The molecule has 0 saturated heterocycles. The summed E-state index contributed by atoms with van der Waals surface area (Å²) in [6.07, 6.45) is 13.2. The summed E-state index contributed by atoms with van der Waals surface area (Å²) >= 11 is 8.76. The molecule has 2 N–H and O–H groups in total. The Morgan fingerprint density at radius 3 is 1.93 bits per heavy atom. The number of phenols is 2. The minimum absolute atomic E-state index is 0.152. The third-order valence-corrected chi connectivity index (χ3v) is 12.2. The predicted octanol–water partition coefficient (Wildman–Crippen LogP) is 9.54. The van der Waals surface area contributed by atoms with E-state index in [1.807, 2.05) is 6.92 Å². The monoisotopic (exact) mass is 681 g/mol. The second-order valence-corrected chi connectivity index (χ2v) is 16.3. The van der Waals surface area contributed by atoms with Gasteiger partial charge in [0.25, 0.3) is 0 Å². The van der Waals surface area contributed by atoms with Crippen molar-refractivity contribution in [1.82, 2.24) is 0 Å². The highest BCUT2D eigenvalue weighted by Gasteiger charge is 2.51. The molecule has 0 heterocycles. The van der Waals surface area contributed by atoms with Gasteiger partial charge in [0.05, 0.1) is 36.5 Å². The lowest BCUT2D eigenvalue weighted by atomic mass is 9.61. The quantitative estimate of drug-likeness (QED) is 0.0562. The molecule has 254 valence electrons. The molecule has 3 atom stereocenters. The first-order valence-electron chi connectivity index (χ1n) is 16.1. The van der Waals surface area contributed by atoms with Gasteiger partial charge in [0.2, 0.25) is 0 Å². The second-order valence-electron chi connectivity index (χ2n) is 13.0. The van der Waals surface area contributed by atoms with Gasteiger partial charge in [0, 0.05) is 5.75 Å². The lowest BCUT2D eigenvalue weighted by Crippen LogP contribution is -2.44. The first kappa shape index (κ1) is 41.1. The van der Waals surface area contributed by atoms with E-state index in [2.05, 4.69) is 13.0 Å². The number of methoxy groups -OCH3 is 2. The Bertz CT molecular complexity index is 1140. The van der Waals surface area contributed by atoms with Crippen LogP contribution in [-0.2, 0) is 19.1 Å². The number of carbonyl (C=O) groups is 2. The SMILES string of the molecule is CCCCCCCCCCCCSC(=S)SCC(C)(CC(CC(C)(C(=O)OC)C(C)(C)C#N)c1ccc(O)c(O)c1)C(=O)OC. The number of benzene rings is 1. The fourth-order valence-corrected chi connectivity index (χ4v) is 7.91. The van der Waals surface area contributed by atoms with Crippen LogP contribution >= 0.6 is 35.7 Å². The highest BCUT2D eigenvalue weighted by Crippen LogP contribution is 2.50. The van der Waals surface area contributed by atoms with Crippen molar-refractivity contribution in [1.29, 1.82) is 5.26 Å². The number of rotatable bonds is 21. The normalized spacial score (nSPS) is 14.9. The average molecular weight is 682 g/mol. The molecule has 1 aromatic carbocycles.